The first-order valence-corrected chi connectivity index (χ1v) is 4.63. The van der Waals surface area contributed by atoms with Crippen LogP contribution in [0.15, 0.2) is 18.2 Å². The van der Waals surface area contributed by atoms with Gasteiger partial charge in [0.25, 0.3) is 0 Å². The van der Waals surface area contributed by atoms with Crippen LogP contribution in [0.1, 0.15) is 18.6 Å². The maximum Gasteiger partial charge on any atom is 0.119 e. The molecular formula is C10H13ClO3. The fourth-order valence-electron chi connectivity index (χ4n) is 1.14. The van der Waals surface area contributed by atoms with Gasteiger partial charge >= 0.3 is 0 Å². The highest BCUT2D eigenvalue weighted by Crippen LogP contribution is 2.28. The Balaban J connectivity index is 3.05. The molecule has 2 N–H and O–H groups in total. The second-order valence-electron chi connectivity index (χ2n) is 3.07. The molecule has 4 heteroatoms. The highest BCUT2D eigenvalue weighted by Gasteiger charge is 2.17. The summed E-state index contributed by atoms with van der Waals surface area (Å²) < 4.78 is 4.99. The van der Waals surface area contributed by atoms with Gasteiger partial charge in [-0.25, -0.2) is 0 Å². The van der Waals surface area contributed by atoms with Gasteiger partial charge in [-0.3, -0.25) is 0 Å². The van der Waals surface area contributed by atoms with Crippen LogP contribution >= 0.6 is 11.6 Å². The lowest BCUT2D eigenvalue weighted by atomic mass is 10.1. The van der Waals surface area contributed by atoms with E-state index < -0.39 is 12.2 Å². The molecule has 2 atom stereocenters. The summed E-state index contributed by atoms with van der Waals surface area (Å²) >= 11 is 5.87. The lowest BCUT2D eigenvalue weighted by Gasteiger charge is -2.16. The number of aliphatic hydroxyl groups excluding tert-OH is 2. The molecular weight excluding hydrogens is 204 g/mol. The molecule has 0 aliphatic heterocycles. The number of benzene rings is 1. The molecule has 0 heterocycles. The average molecular weight is 217 g/mol. The van der Waals surface area contributed by atoms with Gasteiger partial charge in [-0.15, -0.1) is 0 Å². The van der Waals surface area contributed by atoms with Gasteiger partial charge in [0.15, 0.2) is 0 Å². The van der Waals surface area contributed by atoms with E-state index >= 15 is 0 Å². The smallest absolute Gasteiger partial charge is 0.119 e. The topological polar surface area (TPSA) is 49.7 Å². The van der Waals surface area contributed by atoms with E-state index in [-0.39, 0.29) is 0 Å². The van der Waals surface area contributed by atoms with Gasteiger partial charge in [-0.2, -0.15) is 0 Å². The third kappa shape index (κ3) is 2.38. The summed E-state index contributed by atoms with van der Waals surface area (Å²) in [7, 11) is 1.53. The van der Waals surface area contributed by atoms with Crippen molar-refractivity contribution in [1.29, 1.82) is 0 Å². The first-order chi connectivity index (χ1) is 6.56. The Labute approximate surface area is 87.9 Å². The number of aliphatic hydroxyl groups is 2. The minimum atomic E-state index is -0.988. The van der Waals surface area contributed by atoms with Crippen LogP contribution in [-0.4, -0.2) is 23.4 Å². The number of rotatable bonds is 3. The average Bonchev–Trinajstić information content (AvgIpc) is 2.17. The SMILES string of the molecule is COc1ccc(Cl)c([C@H](O)[C@@H](C)O)c1. The minimum Gasteiger partial charge on any atom is -0.497 e. The van der Waals surface area contributed by atoms with Gasteiger partial charge in [0, 0.05) is 10.6 Å². The molecule has 1 aromatic carbocycles. The predicted molar refractivity (Wildman–Crippen MR) is 54.6 cm³/mol. The standard InChI is InChI=1S/C10H13ClO3/c1-6(12)10(13)8-5-7(14-2)3-4-9(8)11/h3-6,10,12-13H,1-2H3/t6-,10-/m1/s1. The van der Waals surface area contributed by atoms with Crippen LogP contribution in [-0.2, 0) is 0 Å². The maximum absolute atomic E-state index is 9.61. The largest absolute Gasteiger partial charge is 0.497 e. The fourth-order valence-corrected chi connectivity index (χ4v) is 1.36. The first kappa shape index (κ1) is 11.3. The van der Waals surface area contributed by atoms with E-state index in [4.69, 9.17) is 16.3 Å². The Morgan fingerprint density at radius 3 is 2.50 bits per heavy atom. The van der Waals surface area contributed by atoms with E-state index in [9.17, 15) is 10.2 Å². The summed E-state index contributed by atoms with van der Waals surface area (Å²) in [5, 5.41) is 19.2. The molecule has 1 rings (SSSR count). The first-order valence-electron chi connectivity index (χ1n) is 4.26. The fraction of sp³-hybridized carbons (Fsp3) is 0.400. The number of hydrogen-bond donors (Lipinski definition) is 2. The summed E-state index contributed by atoms with van der Waals surface area (Å²) in [6, 6.07) is 4.93. The molecule has 0 fully saturated rings. The minimum absolute atomic E-state index is 0.416. The zero-order valence-corrected chi connectivity index (χ0v) is 8.82. The predicted octanol–water partition coefficient (Wildman–Crippen LogP) is 1.76. The van der Waals surface area contributed by atoms with E-state index in [2.05, 4.69) is 0 Å². The highest BCUT2D eigenvalue weighted by atomic mass is 35.5. The van der Waals surface area contributed by atoms with Crippen LogP contribution in [0.3, 0.4) is 0 Å². The number of hydrogen-bond acceptors (Lipinski definition) is 3. The lowest BCUT2D eigenvalue weighted by molar-refractivity contribution is 0.0305. The molecule has 0 aliphatic carbocycles. The molecule has 0 amide bonds. The zero-order chi connectivity index (χ0) is 10.7. The summed E-state index contributed by atoms with van der Waals surface area (Å²) in [5.74, 6) is 0.601. The van der Waals surface area contributed by atoms with Crippen molar-refractivity contribution >= 4 is 11.6 Å². The molecule has 0 aliphatic rings. The van der Waals surface area contributed by atoms with Gasteiger partial charge < -0.3 is 14.9 Å². The van der Waals surface area contributed by atoms with Gasteiger partial charge in [-0.05, 0) is 25.1 Å². The second kappa shape index (κ2) is 4.64. The molecule has 0 unspecified atom stereocenters. The molecule has 0 saturated carbocycles. The van der Waals surface area contributed by atoms with Gasteiger partial charge in [0.2, 0.25) is 0 Å². The van der Waals surface area contributed by atoms with Crippen LogP contribution < -0.4 is 4.74 Å². The van der Waals surface area contributed by atoms with E-state index in [0.717, 1.165) is 0 Å². The Kier molecular flexibility index (Phi) is 3.75. The molecule has 0 aromatic heterocycles. The molecule has 0 saturated heterocycles. The molecule has 78 valence electrons. The molecule has 0 radical (unpaired) electrons. The zero-order valence-electron chi connectivity index (χ0n) is 8.07. The van der Waals surface area contributed by atoms with Gasteiger partial charge in [0.05, 0.1) is 13.2 Å². The van der Waals surface area contributed by atoms with Crippen molar-refractivity contribution < 1.29 is 14.9 Å². The quantitative estimate of drug-likeness (QED) is 0.810. The summed E-state index contributed by atoms with van der Waals surface area (Å²) in [6.07, 6.45) is -1.85. The van der Waals surface area contributed by atoms with Crippen molar-refractivity contribution in [3.8, 4) is 5.75 Å². The van der Waals surface area contributed by atoms with Crippen LogP contribution in [0, 0.1) is 0 Å². The van der Waals surface area contributed by atoms with Crippen LogP contribution in [0.2, 0.25) is 5.02 Å². The molecule has 14 heavy (non-hydrogen) atoms. The Morgan fingerprint density at radius 2 is 2.00 bits per heavy atom. The maximum atomic E-state index is 9.61. The molecule has 1 aromatic rings. The molecule has 0 bridgehead atoms. The second-order valence-corrected chi connectivity index (χ2v) is 3.48. The highest BCUT2D eigenvalue weighted by molar-refractivity contribution is 6.31. The van der Waals surface area contributed by atoms with E-state index in [0.29, 0.717) is 16.3 Å². The van der Waals surface area contributed by atoms with E-state index in [1.54, 1.807) is 18.2 Å². The van der Waals surface area contributed by atoms with Crippen LogP contribution in [0.4, 0.5) is 0 Å². The van der Waals surface area contributed by atoms with E-state index in [1.807, 2.05) is 0 Å². The summed E-state index contributed by atoms with van der Waals surface area (Å²) in [4.78, 5) is 0. The van der Waals surface area contributed by atoms with Crippen molar-refractivity contribution in [2.24, 2.45) is 0 Å². The third-order valence-electron chi connectivity index (χ3n) is 1.98. The molecule has 3 nitrogen and oxygen atoms in total. The van der Waals surface area contributed by atoms with Crippen molar-refractivity contribution in [3.05, 3.63) is 28.8 Å². The summed E-state index contributed by atoms with van der Waals surface area (Å²) in [5.41, 5.74) is 0.473. The number of methoxy groups -OCH3 is 1. The Morgan fingerprint density at radius 1 is 1.36 bits per heavy atom. The summed E-state index contributed by atoms with van der Waals surface area (Å²) in [6.45, 7) is 1.50. The monoisotopic (exact) mass is 216 g/mol. The van der Waals surface area contributed by atoms with Crippen molar-refractivity contribution in [1.82, 2.24) is 0 Å². The number of ether oxygens (including phenoxy) is 1. The van der Waals surface area contributed by atoms with Gasteiger partial charge in [0.1, 0.15) is 11.9 Å². The van der Waals surface area contributed by atoms with Gasteiger partial charge in [-0.1, -0.05) is 11.6 Å². The van der Waals surface area contributed by atoms with E-state index in [1.165, 1.54) is 14.0 Å². The molecule has 0 spiro atoms. The van der Waals surface area contributed by atoms with Crippen molar-refractivity contribution in [3.63, 3.8) is 0 Å². The number of halogens is 1. The third-order valence-corrected chi connectivity index (χ3v) is 2.32. The Bertz CT molecular complexity index is 312. The van der Waals surface area contributed by atoms with Crippen molar-refractivity contribution in [2.45, 2.75) is 19.1 Å². The van der Waals surface area contributed by atoms with Crippen molar-refractivity contribution in [2.75, 3.05) is 7.11 Å². The normalized spacial score (nSPS) is 14.9. The lowest BCUT2D eigenvalue weighted by Crippen LogP contribution is -2.14. The van der Waals surface area contributed by atoms with Crippen LogP contribution in [0.5, 0.6) is 5.75 Å². The van der Waals surface area contributed by atoms with Crippen LogP contribution in [0.25, 0.3) is 0 Å². The Hall–Kier alpha value is -0.770.